The molecule has 0 bridgehead atoms. The summed E-state index contributed by atoms with van der Waals surface area (Å²) in [5.41, 5.74) is 2.65. The Kier molecular flexibility index (Phi) is 6.89. The highest BCUT2D eigenvalue weighted by molar-refractivity contribution is 6.30. The second-order valence-corrected chi connectivity index (χ2v) is 9.10. The zero-order valence-electron chi connectivity index (χ0n) is 17.1. The van der Waals surface area contributed by atoms with Crippen LogP contribution in [-0.4, -0.2) is 41.9 Å². The highest BCUT2D eigenvalue weighted by atomic mass is 35.5. The molecule has 0 radical (unpaired) electrons. The number of carbonyl (C=O) groups excluding carboxylic acids is 1. The molecule has 29 heavy (non-hydrogen) atoms. The maximum absolute atomic E-state index is 13.1. The zero-order chi connectivity index (χ0) is 20.1. The molecule has 2 saturated heterocycles. The Morgan fingerprint density at radius 3 is 2.45 bits per heavy atom. The van der Waals surface area contributed by atoms with Crippen LogP contribution in [0.25, 0.3) is 0 Å². The number of piperidine rings is 2. The minimum Gasteiger partial charge on any atom is -0.342 e. The zero-order valence-corrected chi connectivity index (χ0v) is 17.9. The summed E-state index contributed by atoms with van der Waals surface area (Å²) < 4.78 is 0. The third-order valence-electron chi connectivity index (χ3n) is 6.44. The quantitative estimate of drug-likeness (QED) is 0.689. The van der Waals surface area contributed by atoms with E-state index < -0.39 is 0 Å². The van der Waals surface area contributed by atoms with E-state index in [9.17, 15) is 4.79 Å². The molecule has 2 aliphatic rings. The molecule has 1 amide bonds. The van der Waals surface area contributed by atoms with Gasteiger partial charge < -0.3 is 4.90 Å². The lowest BCUT2D eigenvalue weighted by Crippen LogP contribution is -2.47. The standard InChI is InChI=1S/C25H31ClN2O/c26-24-10-4-8-22(17-24)18-27-13-5-9-23(19-27)25(29)28-14-11-21(12-15-28)16-20-6-2-1-3-7-20/h1-4,6-8,10,17,21,23H,5,9,11-16,18-19H2. The predicted octanol–water partition coefficient (Wildman–Crippen LogP) is 5.03. The van der Waals surface area contributed by atoms with Crippen molar-refractivity contribution < 1.29 is 4.79 Å². The average Bonchev–Trinajstić information content (AvgIpc) is 2.75. The van der Waals surface area contributed by atoms with Gasteiger partial charge in [-0.05, 0) is 67.8 Å². The predicted molar refractivity (Wildman–Crippen MR) is 119 cm³/mol. The number of nitrogens with zero attached hydrogens (tertiary/aromatic N) is 2. The maximum atomic E-state index is 13.1. The second-order valence-electron chi connectivity index (χ2n) is 8.66. The van der Waals surface area contributed by atoms with Crippen molar-refractivity contribution in [2.45, 2.75) is 38.6 Å². The highest BCUT2D eigenvalue weighted by Crippen LogP contribution is 2.26. The first kappa shape index (κ1) is 20.4. The van der Waals surface area contributed by atoms with E-state index in [-0.39, 0.29) is 5.92 Å². The number of hydrogen-bond donors (Lipinski definition) is 0. The molecule has 1 unspecified atom stereocenters. The van der Waals surface area contributed by atoms with E-state index in [0.29, 0.717) is 11.8 Å². The van der Waals surface area contributed by atoms with Crippen molar-refractivity contribution in [3.05, 3.63) is 70.7 Å². The van der Waals surface area contributed by atoms with Gasteiger partial charge in [0.2, 0.25) is 5.91 Å². The summed E-state index contributed by atoms with van der Waals surface area (Å²) in [5.74, 6) is 1.22. The lowest BCUT2D eigenvalue weighted by Gasteiger charge is -2.38. The highest BCUT2D eigenvalue weighted by Gasteiger charge is 2.31. The molecule has 2 aromatic rings. The first-order chi connectivity index (χ1) is 14.2. The fourth-order valence-electron chi connectivity index (χ4n) is 4.86. The molecule has 2 fully saturated rings. The molecule has 0 aromatic heterocycles. The van der Waals surface area contributed by atoms with E-state index in [0.717, 1.165) is 69.9 Å². The third-order valence-corrected chi connectivity index (χ3v) is 6.68. The number of likely N-dealkylation sites (tertiary alicyclic amines) is 2. The van der Waals surface area contributed by atoms with Gasteiger partial charge in [-0.2, -0.15) is 0 Å². The minimum atomic E-state index is 0.147. The first-order valence-corrected chi connectivity index (χ1v) is 11.3. The molecule has 0 spiro atoms. The summed E-state index contributed by atoms with van der Waals surface area (Å²) in [4.78, 5) is 17.7. The summed E-state index contributed by atoms with van der Waals surface area (Å²) in [7, 11) is 0. The number of hydrogen-bond acceptors (Lipinski definition) is 2. The van der Waals surface area contributed by atoms with Gasteiger partial charge in [-0.15, -0.1) is 0 Å². The fourth-order valence-corrected chi connectivity index (χ4v) is 5.07. The monoisotopic (exact) mass is 410 g/mol. The molecule has 2 heterocycles. The van der Waals surface area contributed by atoms with Crippen LogP contribution in [0.1, 0.15) is 36.8 Å². The maximum Gasteiger partial charge on any atom is 0.226 e. The summed E-state index contributed by atoms with van der Waals surface area (Å²) in [6.45, 7) is 4.65. The largest absolute Gasteiger partial charge is 0.342 e. The van der Waals surface area contributed by atoms with Crippen LogP contribution in [0.15, 0.2) is 54.6 Å². The molecule has 0 aliphatic carbocycles. The van der Waals surface area contributed by atoms with Gasteiger partial charge in [0.05, 0.1) is 5.92 Å². The topological polar surface area (TPSA) is 23.6 Å². The van der Waals surface area contributed by atoms with Crippen molar-refractivity contribution in [1.29, 1.82) is 0 Å². The van der Waals surface area contributed by atoms with Crippen molar-refractivity contribution in [1.82, 2.24) is 9.80 Å². The van der Waals surface area contributed by atoms with Gasteiger partial charge in [-0.3, -0.25) is 9.69 Å². The normalized spacial score (nSPS) is 21.3. The van der Waals surface area contributed by atoms with Gasteiger partial charge in [0, 0.05) is 31.2 Å². The van der Waals surface area contributed by atoms with Crippen LogP contribution in [0.3, 0.4) is 0 Å². The van der Waals surface area contributed by atoms with Crippen molar-refractivity contribution in [3.63, 3.8) is 0 Å². The number of rotatable bonds is 5. The summed E-state index contributed by atoms with van der Waals surface area (Å²) in [6, 6.07) is 18.8. The fraction of sp³-hybridized carbons (Fsp3) is 0.480. The van der Waals surface area contributed by atoms with E-state index in [1.54, 1.807) is 0 Å². The van der Waals surface area contributed by atoms with Crippen LogP contribution >= 0.6 is 11.6 Å². The van der Waals surface area contributed by atoms with E-state index in [1.807, 2.05) is 18.2 Å². The summed E-state index contributed by atoms with van der Waals surface area (Å²) in [5, 5.41) is 0.783. The molecule has 0 N–H and O–H groups in total. The average molecular weight is 411 g/mol. The SMILES string of the molecule is O=C(C1CCCN(Cc2cccc(Cl)c2)C1)N1CCC(Cc2ccccc2)CC1. The molecule has 2 aliphatic heterocycles. The lowest BCUT2D eigenvalue weighted by atomic mass is 9.89. The van der Waals surface area contributed by atoms with Gasteiger partial charge >= 0.3 is 0 Å². The Morgan fingerprint density at radius 2 is 1.69 bits per heavy atom. The Morgan fingerprint density at radius 1 is 0.931 bits per heavy atom. The molecule has 4 heteroatoms. The van der Waals surface area contributed by atoms with Crippen molar-refractivity contribution in [2.24, 2.45) is 11.8 Å². The van der Waals surface area contributed by atoms with Crippen LogP contribution in [0.2, 0.25) is 5.02 Å². The van der Waals surface area contributed by atoms with Crippen molar-refractivity contribution >= 4 is 17.5 Å². The minimum absolute atomic E-state index is 0.147. The van der Waals surface area contributed by atoms with Gasteiger partial charge in [0.1, 0.15) is 0 Å². The molecule has 4 rings (SSSR count). The van der Waals surface area contributed by atoms with E-state index in [1.165, 1.54) is 11.1 Å². The summed E-state index contributed by atoms with van der Waals surface area (Å²) in [6.07, 6.45) is 5.51. The molecule has 1 atom stereocenters. The van der Waals surface area contributed by atoms with Crippen molar-refractivity contribution in [3.8, 4) is 0 Å². The van der Waals surface area contributed by atoms with Gasteiger partial charge in [0.15, 0.2) is 0 Å². The molecular formula is C25H31ClN2O. The van der Waals surface area contributed by atoms with Gasteiger partial charge in [-0.1, -0.05) is 54.1 Å². The lowest BCUT2D eigenvalue weighted by molar-refractivity contribution is -0.138. The van der Waals surface area contributed by atoms with Crippen LogP contribution in [-0.2, 0) is 17.8 Å². The van der Waals surface area contributed by atoms with E-state index in [2.05, 4.69) is 46.2 Å². The van der Waals surface area contributed by atoms with Crippen LogP contribution in [0, 0.1) is 11.8 Å². The second kappa shape index (κ2) is 9.77. The van der Waals surface area contributed by atoms with E-state index >= 15 is 0 Å². The number of amides is 1. The Balaban J connectivity index is 1.27. The Hall–Kier alpha value is -1.84. The van der Waals surface area contributed by atoms with Crippen LogP contribution in [0.5, 0.6) is 0 Å². The van der Waals surface area contributed by atoms with Crippen LogP contribution < -0.4 is 0 Å². The summed E-state index contributed by atoms with van der Waals surface area (Å²) >= 11 is 6.13. The Bertz CT molecular complexity index is 801. The van der Waals surface area contributed by atoms with Gasteiger partial charge in [0.25, 0.3) is 0 Å². The third kappa shape index (κ3) is 5.61. The van der Waals surface area contributed by atoms with E-state index in [4.69, 9.17) is 11.6 Å². The van der Waals surface area contributed by atoms with Crippen LogP contribution in [0.4, 0.5) is 0 Å². The molecule has 0 saturated carbocycles. The number of halogens is 1. The Labute approximate surface area is 179 Å². The first-order valence-electron chi connectivity index (χ1n) is 11.0. The number of benzene rings is 2. The van der Waals surface area contributed by atoms with Gasteiger partial charge in [-0.25, -0.2) is 0 Å². The molecular weight excluding hydrogens is 380 g/mol. The molecule has 2 aromatic carbocycles. The smallest absolute Gasteiger partial charge is 0.226 e. The van der Waals surface area contributed by atoms with Crippen molar-refractivity contribution in [2.75, 3.05) is 26.2 Å². The molecule has 3 nitrogen and oxygen atoms in total. The number of carbonyl (C=O) groups is 1. The molecule has 154 valence electrons.